The molecule has 0 amide bonds. The van der Waals surface area contributed by atoms with Gasteiger partial charge in [-0.3, -0.25) is 4.79 Å². The molecule has 0 aliphatic heterocycles. The van der Waals surface area contributed by atoms with Crippen molar-refractivity contribution < 1.29 is 9.53 Å². The van der Waals surface area contributed by atoms with Gasteiger partial charge < -0.3 is 10.1 Å². The summed E-state index contributed by atoms with van der Waals surface area (Å²) < 4.78 is 8.96. The molecule has 0 fully saturated rings. The van der Waals surface area contributed by atoms with Crippen LogP contribution in [0, 0.1) is 0 Å². The highest BCUT2D eigenvalue weighted by Gasteiger charge is 2.20. The molecule has 4 nitrogen and oxygen atoms in total. The molecule has 1 N–H and O–H groups in total. The van der Waals surface area contributed by atoms with Crippen LogP contribution in [-0.4, -0.2) is 16.7 Å². The Bertz CT molecular complexity index is 610. The average Bonchev–Trinajstić information content (AvgIpc) is 2.70. The minimum absolute atomic E-state index is 0.181. The summed E-state index contributed by atoms with van der Waals surface area (Å²) in [6, 6.07) is 4.94. The largest absolute Gasteiger partial charge is 0.480 e. The molecule has 1 heterocycles. The summed E-state index contributed by atoms with van der Waals surface area (Å²) in [4.78, 5) is 11.4. The van der Waals surface area contributed by atoms with Gasteiger partial charge in [0.25, 0.3) is 5.24 Å². The van der Waals surface area contributed by atoms with E-state index < -0.39 is 5.24 Å². The Morgan fingerprint density at radius 3 is 2.47 bits per heavy atom. The van der Waals surface area contributed by atoms with E-state index in [4.69, 9.17) is 39.5 Å². The van der Waals surface area contributed by atoms with Gasteiger partial charge >= 0.3 is 0 Å². The molecule has 0 saturated heterocycles. The lowest BCUT2D eigenvalue weighted by Crippen LogP contribution is -1.97. The SMILES string of the molecule is COc1nsc(Nc2cc(Cl)cc(Cl)c2)c1C(=O)Cl. The lowest BCUT2D eigenvalue weighted by Gasteiger charge is -2.06. The summed E-state index contributed by atoms with van der Waals surface area (Å²) in [5.74, 6) is 0.181. The molecule has 100 valence electrons. The molecule has 0 unspecified atom stereocenters. The predicted octanol–water partition coefficient (Wildman–Crippen LogP) is 4.58. The third-order valence-electron chi connectivity index (χ3n) is 2.17. The zero-order valence-electron chi connectivity index (χ0n) is 9.54. The minimum atomic E-state index is -0.652. The summed E-state index contributed by atoms with van der Waals surface area (Å²) in [5, 5.41) is 3.76. The molecule has 1 aromatic carbocycles. The summed E-state index contributed by atoms with van der Waals surface area (Å²) in [6.45, 7) is 0. The van der Waals surface area contributed by atoms with E-state index >= 15 is 0 Å². The van der Waals surface area contributed by atoms with Crippen LogP contribution in [0.2, 0.25) is 10.0 Å². The number of methoxy groups -OCH3 is 1. The number of carbonyl (C=O) groups is 1. The quantitative estimate of drug-likeness (QED) is 0.830. The second-order valence-corrected chi connectivity index (χ2v) is 5.44. The maximum Gasteiger partial charge on any atom is 0.260 e. The summed E-state index contributed by atoms with van der Waals surface area (Å²) in [7, 11) is 1.42. The number of halogens is 3. The first-order chi connectivity index (χ1) is 9.01. The van der Waals surface area contributed by atoms with E-state index in [9.17, 15) is 4.79 Å². The number of benzene rings is 1. The molecule has 0 bridgehead atoms. The topological polar surface area (TPSA) is 51.2 Å². The molecule has 0 saturated carbocycles. The van der Waals surface area contributed by atoms with Crippen molar-refractivity contribution in [1.82, 2.24) is 4.37 Å². The molecule has 0 spiro atoms. The second-order valence-electron chi connectivity index (χ2n) is 3.45. The van der Waals surface area contributed by atoms with Crippen LogP contribution in [0.4, 0.5) is 10.7 Å². The van der Waals surface area contributed by atoms with Crippen LogP contribution in [0.3, 0.4) is 0 Å². The first-order valence-electron chi connectivity index (χ1n) is 4.98. The van der Waals surface area contributed by atoms with Gasteiger partial charge in [-0.1, -0.05) is 23.2 Å². The highest BCUT2D eigenvalue weighted by molar-refractivity contribution is 7.11. The van der Waals surface area contributed by atoms with E-state index in [0.717, 1.165) is 11.5 Å². The molecular formula is C11H7Cl3N2O2S. The van der Waals surface area contributed by atoms with Crippen molar-refractivity contribution in [2.45, 2.75) is 0 Å². The number of ether oxygens (including phenoxy) is 1. The van der Waals surface area contributed by atoms with Crippen LogP contribution < -0.4 is 10.1 Å². The first-order valence-corrected chi connectivity index (χ1v) is 6.88. The number of hydrogen-bond donors (Lipinski definition) is 1. The van der Waals surface area contributed by atoms with Crippen LogP contribution in [-0.2, 0) is 0 Å². The van der Waals surface area contributed by atoms with E-state index in [0.29, 0.717) is 20.7 Å². The van der Waals surface area contributed by atoms with Crippen LogP contribution in [0.1, 0.15) is 10.4 Å². The maximum absolute atomic E-state index is 11.4. The Balaban J connectivity index is 2.38. The van der Waals surface area contributed by atoms with Crippen molar-refractivity contribution in [3.8, 4) is 5.88 Å². The van der Waals surface area contributed by atoms with Crippen molar-refractivity contribution in [2.75, 3.05) is 12.4 Å². The Morgan fingerprint density at radius 2 is 1.95 bits per heavy atom. The summed E-state index contributed by atoms with van der Waals surface area (Å²) in [6.07, 6.45) is 0. The fourth-order valence-corrected chi connectivity index (χ4v) is 2.96. The Kier molecular flexibility index (Phi) is 4.52. The van der Waals surface area contributed by atoms with E-state index in [1.807, 2.05) is 0 Å². The molecule has 0 aliphatic carbocycles. The number of anilines is 2. The maximum atomic E-state index is 11.4. The predicted molar refractivity (Wildman–Crippen MR) is 78.6 cm³/mol. The van der Waals surface area contributed by atoms with Crippen molar-refractivity contribution in [1.29, 1.82) is 0 Å². The fraction of sp³-hybridized carbons (Fsp3) is 0.0909. The summed E-state index contributed by atoms with van der Waals surface area (Å²) in [5.41, 5.74) is 0.813. The number of hydrogen-bond acceptors (Lipinski definition) is 5. The Morgan fingerprint density at radius 1 is 1.32 bits per heavy atom. The van der Waals surface area contributed by atoms with Gasteiger partial charge in [-0.25, -0.2) is 0 Å². The van der Waals surface area contributed by atoms with Crippen LogP contribution in [0.25, 0.3) is 0 Å². The van der Waals surface area contributed by atoms with Crippen molar-refractivity contribution in [3.05, 3.63) is 33.8 Å². The number of aromatic nitrogens is 1. The molecule has 0 atom stereocenters. The van der Waals surface area contributed by atoms with Crippen molar-refractivity contribution in [2.24, 2.45) is 0 Å². The molecular weight excluding hydrogens is 331 g/mol. The number of rotatable bonds is 4. The van der Waals surface area contributed by atoms with E-state index in [1.54, 1.807) is 18.2 Å². The number of nitrogens with one attached hydrogen (secondary N) is 1. The molecule has 2 aromatic rings. The van der Waals surface area contributed by atoms with Gasteiger partial charge in [-0.2, -0.15) is 4.37 Å². The van der Waals surface area contributed by atoms with Gasteiger partial charge in [0.15, 0.2) is 0 Å². The number of nitrogens with zero attached hydrogens (tertiary/aromatic N) is 1. The van der Waals surface area contributed by atoms with Crippen molar-refractivity contribution in [3.63, 3.8) is 0 Å². The third kappa shape index (κ3) is 3.30. The standard InChI is InChI=1S/C11H7Cl3N2O2S/c1-18-10-8(9(14)17)11(19-16-10)15-7-3-5(12)2-6(13)4-7/h2-4,15H,1H3. The minimum Gasteiger partial charge on any atom is -0.480 e. The molecule has 2 rings (SSSR count). The molecule has 1 aromatic heterocycles. The first kappa shape index (κ1) is 14.4. The van der Waals surface area contributed by atoms with Gasteiger partial charge in [0.05, 0.1) is 7.11 Å². The normalized spacial score (nSPS) is 10.3. The number of carbonyl (C=O) groups excluding carboxylic acids is 1. The van der Waals surface area contributed by atoms with Gasteiger partial charge in [-0.15, -0.1) is 0 Å². The van der Waals surface area contributed by atoms with Gasteiger partial charge in [0.1, 0.15) is 10.6 Å². The average molecular weight is 338 g/mol. The Hall–Kier alpha value is -1.01. The van der Waals surface area contributed by atoms with Crippen molar-refractivity contribution >= 4 is 62.3 Å². The second kappa shape index (κ2) is 5.96. The third-order valence-corrected chi connectivity index (χ3v) is 3.54. The fourth-order valence-electron chi connectivity index (χ4n) is 1.43. The highest BCUT2D eigenvalue weighted by atomic mass is 35.5. The highest BCUT2D eigenvalue weighted by Crippen LogP contribution is 2.35. The van der Waals surface area contributed by atoms with Crippen LogP contribution >= 0.6 is 46.3 Å². The zero-order valence-corrected chi connectivity index (χ0v) is 12.6. The summed E-state index contributed by atoms with van der Waals surface area (Å²) >= 11 is 18.4. The van der Waals surface area contributed by atoms with Gasteiger partial charge in [0.2, 0.25) is 5.88 Å². The molecule has 0 aliphatic rings. The zero-order chi connectivity index (χ0) is 14.0. The van der Waals surface area contributed by atoms with Crippen LogP contribution in [0.15, 0.2) is 18.2 Å². The van der Waals surface area contributed by atoms with Crippen LogP contribution in [0.5, 0.6) is 5.88 Å². The lowest BCUT2D eigenvalue weighted by molar-refractivity contribution is 0.107. The lowest BCUT2D eigenvalue weighted by atomic mass is 10.3. The van der Waals surface area contributed by atoms with E-state index in [2.05, 4.69) is 9.69 Å². The van der Waals surface area contributed by atoms with Gasteiger partial charge in [0, 0.05) is 15.7 Å². The van der Waals surface area contributed by atoms with E-state index in [-0.39, 0.29) is 11.4 Å². The molecule has 0 radical (unpaired) electrons. The Labute approximate surface area is 128 Å². The molecule has 19 heavy (non-hydrogen) atoms. The van der Waals surface area contributed by atoms with E-state index in [1.165, 1.54) is 7.11 Å². The van der Waals surface area contributed by atoms with Gasteiger partial charge in [-0.05, 0) is 41.3 Å². The monoisotopic (exact) mass is 336 g/mol. The molecule has 8 heteroatoms. The smallest absolute Gasteiger partial charge is 0.260 e.